The molecule has 0 saturated carbocycles. The van der Waals surface area contributed by atoms with Crippen LogP contribution in [0.4, 0.5) is 0 Å². The minimum Gasteiger partial charge on any atom is -0.497 e. The minimum atomic E-state index is -0.207. The number of ether oxygens (including phenoxy) is 1. The first-order valence-corrected chi connectivity index (χ1v) is 6.58. The Morgan fingerprint density at radius 2 is 2.06 bits per heavy atom. The molecule has 0 bridgehead atoms. The summed E-state index contributed by atoms with van der Waals surface area (Å²) in [5.41, 5.74) is 6.86. The highest BCUT2D eigenvalue weighted by Crippen LogP contribution is 2.38. The van der Waals surface area contributed by atoms with E-state index in [2.05, 4.69) is 31.0 Å². The zero-order chi connectivity index (χ0) is 12.5. The molecule has 3 nitrogen and oxygen atoms in total. The van der Waals surface area contributed by atoms with Crippen molar-refractivity contribution < 1.29 is 4.74 Å². The summed E-state index contributed by atoms with van der Waals surface area (Å²) in [6.45, 7) is 4.33. The highest BCUT2D eigenvalue weighted by atomic mass is 32.2. The highest BCUT2D eigenvalue weighted by molar-refractivity contribution is 8.14. The molecule has 92 valence electrons. The molecule has 2 atom stereocenters. The zero-order valence-electron chi connectivity index (χ0n) is 10.4. The van der Waals surface area contributed by atoms with Gasteiger partial charge < -0.3 is 10.5 Å². The van der Waals surface area contributed by atoms with Gasteiger partial charge in [0.1, 0.15) is 5.75 Å². The molecule has 0 saturated heterocycles. The van der Waals surface area contributed by atoms with Crippen molar-refractivity contribution in [1.82, 2.24) is 0 Å². The van der Waals surface area contributed by atoms with Crippen molar-refractivity contribution in [1.29, 1.82) is 0 Å². The van der Waals surface area contributed by atoms with Crippen LogP contribution in [0.3, 0.4) is 0 Å². The van der Waals surface area contributed by atoms with Crippen LogP contribution in [0.15, 0.2) is 29.3 Å². The highest BCUT2D eigenvalue weighted by Gasteiger charge is 2.32. The van der Waals surface area contributed by atoms with Gasteiger partial charge in [0, 0.05) is 5.25 Å². The van der Waals surface area contributed by atoms with Gasteiger partial charge in [-0.05, 0) is 31.0 Å². The summed E-state index contributed by atoms with van der Waals surface area (Å²) < 4.78 is 5.17. The van der Waals surface area contributed by atoms with Crippen LogP contribution in [0.25, 0.3) is 0 Å². The standard InChI is InChI=1S/C13H18N2OS/c1-9-8-13(2,15-12(14)17-9)10-4-6-11(16-3)7-5-10/h4-7,9H,8H2,1-3H3,(H2,14,15). The molecule has 1 aromatic rings. The Bertz CT molecular complexity index is 430. The summed E-state index contributed by atoms with van der Waals surface area (Å²) >= 11 is 1.65. The number of hydrogen-bond donors (Lipinski definition) is 1. The van der Waals surface area contributed by atoms with Crippen LogP contribution in [-0.2, 0) is 5.54 Å². The second-order valence-corrected chi connectivity index (χ2v) is 6.04. The first kappa shape index (κ1) is 12.3. The van der Waals surface area contributed by atoms with E-state index in [1.807, 2.05) is 12.1 Å². The van der Waals surface area contributed by atoms with Gasteiger partial charge in [0.15, 0.2) is 5.17 Å². The second-order valence-electron chi connectivity index (χ2n) is 4.58. The van der Waals surface area contributed by atoms with Crippen molar-refractivity contribution in [2.45, 2.75) is 31.1 Å². The molecule has 2 rings (SSSR count). The zero-order valence-corrected chi connectivity index (χ0v) is 11.3. The average molecular weight is 250 g/mol. The first-order valence-electron chi connectivity index (χ1n) is 5.70. The van der Waals surface area contributed by atoms with Crippen molar-refractivity contribution in [3.63, 3.8) is 0 Å². The molecule has 1 aliphatic heterocycles. The maximum absolute atomic E-state index is 5.88. The predicted octanol–water partition coefficient (Wildman–Crippen LogP) is 2.75. The Hall–Kier alpha value is -1.16. The van der Waals surface area contributed by atoms with Crippen molar-refractivity contribution in [3.05, 3.63) is 29.8 Å². The maximum atomic E-state index is 5.88. The van der Waals surface area contributed by atoms with Crippen LogP contribution in [0, 0.1) is 0 Å². The number of nitrogens with zero attached hydrogens (tertiary/aromatic N) is 1. The third-order valence-corrected chi connectivity index (χ3v) is 3.98. The van der Waals surface area contributed by atoms with Crippen LogP contribution in [-0.4, -0.2) is 17.5 Å². The first-order chi connectivity index (χ1) is 8.03. The van der Waals surface area contributed by atoms with Crippen molar-refractivity contribution in [2.75, 3.05) is 7.11 Å². The fraction of sp³-hybridized carbons (Fsp3) is 0.462. The molecule has 0 aromatic heterocycles. The molecule has 17 heavy (non-hydrogen) atoms. The van der Waals surface area contributed by atoms with Crippen LogP contribution in [0.1, 0.15) is 25.8 Å². The number of thioether (sulfide) groups is 1. The fourth-order valence-electron chi connectivity index (χ4n) is 2.26. The number of methoxy groups -OCH3 is 1. The molecule has 1 aliphatic rings. The number of nitrogens with two attached hydrogens (primary N) is 1. The van der Waals surface area contributed by atoms with Gasteiger partial charge in [-0.25, -0.2) is 0 Å². The van der Waals surface area contributed by atoms with Crippen molar-refractivity contribution in [3.8, 4) is 5.75 Å². The molecule has 4 heteroatoms. The summed E-state index contributed by atoms with van der Waals surface area (Å²) in [6, 6.07) is 8.08. The second kappa shape index (κ2) is 4.61. The monoisotopic (exact) mass is 250 g/mol. The van der Waals surface area contributed by atoms with Crippen LogP contribution in [0.5, 0.6) is 5.75 Å². The molecule has 2 N–H and O–H groups in total. The summed E-state index contributed by atoms with van der Waals surface area (Å²) in [5, 5.41) is 1.18. The van der Waals surface area contributed by atoms with Gasteiger partial charge in [-0.3, -0.25) is 4.99 Å². The van der Waals surface area contributed by atoms with Gasteiger partial charge in [0.25, 0.3) is 0 Å². The smallest absolute Gasteiger partial charge is 0.155 e. The summed E-state index contributed by atoms with van der Waals surface area (Å²) in [4.78, 5) is 4.61. The quantitative estimate of drug-likeness (QED) is 0.878. The molecule has 0 radical (unpaired) electrons. The molecule has 1 aromatic carbocycles. The van der Waals surface area contributed by atoms with Gasteiger partial charge in [-0.15, -0.1) is 0 Å². The van der Waals surface area contributed by atoms with Gasteiger partial charge >= 0.3 is 0 Å². The van der Waals surface area contributed by atoms with E-state index in [1.165, 1.54) is 5.56 Å². The largest absolute Gasteiger partial charge is 0.497 e. The fourth-order valence-corrected chi connectivity index (χ4v) is 3.33. The SMILES string of the molecule is COc1ccc(C2(C)CC(C)SC(N)=N2)cc1. The summed E-state index contributed by atoms with van der Waals surface area (Å²) in [5.74, 6) is 0.868. The molecule has 1 heterocycles. The number of aliphatic imine (C=N–C) groups is 1. The van der Waals surface area contributed by atoms with E-state index in [0.717, 1.165) is 12.2 Å². The third kappa shape index (κ3) is 2.57. The number of benzene rings is 1. The Kier molecular flexibility index (Phi) is 3.33. The van der Waals surface area contributed by atoms with E-state index in [4.69, 9.17) is 10.5 Å². The molecular formula is C13H18N2OS. The molecular weight excluding hydrogens is 232 g/mol. The minimum absolute atomic E-state index is 0.207. The Morgan fingerprint density at radius 3 is 2.59 bits per heavy atom. The predicted molar refractivity (Wildman–Crippen MR) is 73.6 cm³/mol. The summed E-state index contributed by atoms with van der Waals surface area (Å²) in [7, 11) is 1.67. The van der Waals surface area contributed by atoms with E-state index in [0.29, 0.717) is 10.4 Å². The van der Waals surface area contributed by atoms with Gasteiger partial charge in [-0.2, -0.15) is 0 Å². The summed E-state index contributed by atoms with van der Waals surface area (Å²) in [6.07, 6.45) is 1.00. The van der Waals surface area contributed by atoms with Crippen LogP contribution in [0.2, 0.25) is 0 Å². The molecule has 0 amide bonds. The van der Waals surface area contributed by atoms with Crippen molar-refractivity contribution in [2.24, 2.45) is 10.7 Å². The number of amidine groups is 1. The van der Waals surface area contributed by atoms with E-state index in [9.17, 15) is 0 Å². The average Bonchev–Trinajstić information content (AvgIpc) is 2.27. The Labute approximate surface area is 106 Å². The van der Waals surface area contributed by atoms with Gasteiger partial charge in [-0.1, -0.05) is 30.8 Å². The van der Waals surface area contributed by atoms with E-state index >= 15 is 0 Å². The Morgan fingerprint density at radius 1 is 1.41 bits per heavy atom. The topological polar surface area (TPSA) is 47.6 Å². The number of hydrogen-bond acceptors (Lipinski definition) is 4. The van der Waals surface area contributed by atoms with Gasteiger partial charge in [0.2, 0.25) is 0 Å². The lowest BCUT2D eigenvalue weighted by molar-refractivity contribution is 0.412. The molecule has 0 aliphatic carbocycles. The van der Waals surface area contributed by atoms with E-state index in [-0.39, 0.29) is 5.54 Å². The lowest BCUT2D eigenvalue weighted by Crippen LogP contribution is -2.32. The molecule has 0 spiro atoms. The number of rotatable bonds is 2. The molecule has 0 fully saturated rings. The van der Waals surface area contributed by atoms with Gasteiger partial charge in [0.05, 0.1) is 12.6 Å². The maximum Gasteiger partial charge on any atom is 0.155 e. The van der Waals surface area contributed by atoms with Crippen LogP contribution < -0.4 is 10.5 Å². The normalized spacial score (nSPS) is 28.6. The van der Waals surface area contributed by atoms with Crippen LogP contribution >= 0.6 is 11.8 Å². The lowest BCUT2D eigenvalue weighted by Gasteiger charge is -2.33. The lowest BCUT2D eigenvalue weighted by atomic mass is 9.88. The van der Waals surface area contributed by atoms with E-state index < -0.39 is 0 Å². The van der Waals surface area contributed by atoms with Crippen molar-refractivity contribution >= 4 is 16.9 Å². The molecule has 2 unspecified atom stereocenters. The Balaban J connectivity index is 2.33. The third-order valence-electron chi connectivity index (χ3n) is 3.08. The van der Waals surface area contributed by atoms with E-state index in [1.54, 1.807) is 18.9 Å².